The molecule has 14 heavy (non-hydrogen) atoms. The average molecular weight is 255 g/mol. The van der Waals surface area contributed by atoms with Crippen LogP contribution in [0, 0.1) is 0 Å². The minimum atomic E-state index is -0.210. The van der Waals surface area contributed by atoms with Crippen molar-refractivity contribution in [2.45, 2.75) is 13.8 Å². The van der Waals surface area contributed by atoms with Crippen LogP contribution in [0.25, 0.3) is 0 Å². The second-order valence-electron chi connectivity index (χ2n) is 2.98. The number of benzene rings is 1. The molecule has 0 aliphatic carbocycles. The molecule has 0 atom stereocenters. The number of hydrogen-bond acceptors (Lipinski definition) is 2. The quantitative estimate of drug-likeness (QED) is 0.640. The van der Waals surface area contributed by atoms with E-state index in [0.29, 0.717) is 5.56 Å². The SMILES string of the molecule is CC(C)=NNC(=O)c1ccccc1Br. The van der Waals surface area contributed by atoms with Gasteiger partial charge in [-0.05, 0) is 41.9 Å². The molecule has 0 aromatic heterocycles. The lowest BCUT2D eigenvalue weighted by Gasteiger charge is -2.02. The Kier molecular flexibility index (Phi) is 3.83. The number of rotatable bonds is 2. The standard InChI is InChI=1S/C10H11BrN2O/c1-7(2)12-13-10(14)8-5-3-4-6-9(8)11/h3-6H,1-2H3,(H,13,14). The number of carbonyl (C=O) groups is 1. The van der Waals surface area contributed by atoms with E-state index in [1.54, 1.807) is 6.07 Å². The Morgan fingerprint density at radius 1 is 1.36 bits per heavy atom. The molecule has 1 rings (SSSR count). The van der Waals surface area contributed by atoms with Gasteiger partial charge in [-0.2, -0.15) is 5.10 Å². The van der Waals surface area contributed by atoms with Gasteiger partial charge >= 0.3 is 0 Å². The summed E-state index contributed by atoms with van der Waals surface area (Å²) in [5.41, 5.74) is 3.85. The van der Waals surface area contributed by atoms with Crippen molar-refractivity contribution in [3.8, 4) is 0 Å². The molecule has 0 bridgehead atoms. The molecule has 74 valence electrons. The topological polar surface area (TPSA) is 41.5 Å². The van der Waals surface area contributed by atoms with Crippen LogP contribution >= 0.6 is 15.9 Å². The van der Waals surface area contributed by atoms with Crippen molar-refractivity contribution in [1.29, 1.82) is 0 Å². The van der Waals surface area contributed by atoms with Gasteiger partial charge in [0.1, 0.15) is 0 Å². The van der Waals surface area contributed by atoms with Gasteiger partial charge in [-0.1, -0.05) is 12.1 Å². The highest BCUT2D eigenvalue weighted by Crippen LogP contribution is 2.15. The fourth-order valence-corrected chi connectivity index (χ4v) is 1.33. The van der Waals surface area contributed by atoms with Crippen LogP contribution in [0.1, 0.15) is 24.2 Å². The van der Waals surface area contributed by atoms with E-state index >= 15 is 0 Å². The molecule has 3 nitrogen and oxygen atoms in total. The number of amides is 1. The van der Waals surface area contributed by atoms with E-state index in [0.717, 1.165) is 10.2 Å². The molecule has 4 heteroatoms. The fourth-order valence-electron chi connectivity index (χ4n) is 0.868. The predicted octanol–water partition coefficient (Wildman–Crippen LogP) is 2.57. The monoisotopic (exact) mass is 254 g/mol. The second kappa shape index (κ2) is 4.91. The van der Waals surface area contributed by atoms with Crippen molar-refractivity contribution in [3.05, 3.63) is 34.3 Å². The minimum absolute atomic E-state index is 0.210. The molecule has 1 N–H and O–H groups in total. The van der Waals surface area contributed by atoms with E-state index in [9.17, 15) is 4.79 Å². The lowest BCUT2D eigenvalue weighted by atomic mass is 10.2. The third-order valence-corrected chi connectivity index (χ3v) is 2.19. The zero-order valence-electron chi connectivity index (χ0n) is 8.04. The number of carbonyl (C=O) groups excluding carboxylic acids is 1. The number of nitrogens with one attached hydrogen (secondary N) is 1. The Morgan fingerprint density at radius 2 is 2.00 bits per heavy atom. The van der Waals surface area contributed by atoms with Crippen LogP contribution in [-0.4, -0.2) is 11.6 Å². The smallest absolute Gasteiger partial charge is 0.267 e. The molecular formula is C10H11BrN2O. The summed E-state index contributed by atoms with van der Waals surface area (Å²) in [5, 5.41) is 3.84. The van der Waals surface area contributed by atoms with Crippen LogP contribution in [0.3, 0.4) is 0 Å². The van der Waals surface area contributed by atoms with Crippen molar-refractivity contribution >= 4 is 27.5 Å². The van der Waals surface area contributed by atoms with E-state index in [4.69, 9.17) is 0 Å². The van der Waals surface area contributed by atoms with Gasteiger partial charge in [-0.15, -0.1) is 0 Å². The highest BCUT2D eigenvalue weighted by molar-refractivity contribution is 9.10. The van der Waals surface area contributed by atoms with Gasteiger partial charge in [0.15, 0.2) is 0 Å². The molecule has 1 amide bonds. The molecule has 0 radical (unpaired) electrons. The third kappa shape index (κ3) is 2.96. The van der Waals surface area contributed by atoms with Crippen LogP contribution in [0.2, 0.25) is 0 Å². The molecule has 0 fully saturated rings. The average Bonchev–Trinajstić information content (AvgIpc) is 2.15. The lowest BCUT2D eigenvalue weighted by Crippen LogP contribution is -2.18. The van der Waals surface area contributed by atoms with Crippen molar-refractivity contribution in [3.63, 3.8) is 0 Å². The molecule has 0 heterocycles. The Bertz CT molecular complexity index is 370. The van der Waals surface area contributed by atoms with Crippen LogP contribution < -0.4 is 5.43 Å². The maximum atomic E-state index is 11.5. The van der Waals surface area contributed by atoms with Gasteiger partial charge in [0.05, 0.1) is 5.56 Å². The Balaban J connectivity index is 2.80. The molecule has 0 aliphatic rings. The largest absolute Gasteiger partial charge is 0.272 e. The van der Waals surface area contributed by atoms with Crippen molar-refractivity contribution in [2.24, 2.45) is 5.10 Å². The number of hydrogen-bond donors (Lipinski definition) is 1. The first-order valence-electron chi connectivity index (χ1n) is 4.17. The maximum absolute atomic E-state index is 11.5. The van der Waals surface area contributed by atoms with Crippen molar-refractivity contribution in [2.75, 3.05) is 0 Å². The van der Waals surface area contributed by atoms with Gasteiger partial charge in [0, 0.05) is 10.2 Å². The summed E-state index contributed by atoms with van der Waals surface area (Å²) in [5.74, 6) is -0.210. The first-order chi connectivity index (χ1) is 6.61. The summed E-state index contributed by atoms with van der Waals surface area (Å²) in [7, 11) is 0. The van der Waals surface area contributed by atoms with E-state index < -0.39 is 0 Å². The van der Waals surface area contributed by atoms with Crippen LogP contribution in [0.4, 0.5) is 0 Å². The summed E-state index contributed by atoms with van der Waals surface area (Å²) >= 11 is 3.29. The zero-order valence-corrected chi connectivity index (χ0v) is 9.63. The molecule has 1 aromatic rings. The number of hydrazone groups is 1. The van der Waals surface area contributed by atoms with Crippen LogP contribution in [-0.2, 0) is 0 Å². The van der Waals surface area contributed by atoms with Crippen molar-refractivity contribution < 1.29 is 4.79 Å². The van der Waals surface area contributed by atoms with Crippen molar-refractivity contribution in [1.82, 2.24) is 5.43 Å². The highest BCUT2D eigenvalue weighted by Gasteiger charge is 2.07. The highest BCUT2D eigenvalue weighted by atomic mass is 79.9. The Labute approximate surface area is 91.3 Å². The van der Waals surface area contributed by atoms with Gasteiger partial charge in [-0.3, -0.25) is 4.79 Å². The minimum Gasteiger partial charge on any atom is -0.267 e. The maximum Gasteiger partial charge on any atom is 0.272 e. The predicted molar refractivity (Wildman–Crippen MR) is 60.4 cm³/mol. The second-order valence-corrected chi connectivity index (χ2v) is 3.83. The van der Waals surface area contributed by atoms with Gasteiger partial charge in [-0.25, -0.2) is 5.43 Å². The Hall–Kier alpha value is -1.16. The van der Waals surface area contributed by atoms with E-state index in [1.165, 1.54) is 0 Å². The molecule has 1 aromatic carbocycles. The molecule has 0 saturated carbocycles. The number of nitrogens with zero attached hydrogens (tertiary/aromatic N) is 1. The Morgan fingerprint density at radius 3 is 2.57 bits per heavy atom. The third-order valence-electron chi connectivity index (χ3n) is 1.50. The zero-order chi connectivity index (χ0) is 10.6. The van der Waals surface area contributed by atoms with E-state index in [2.05, 4.69) is 26.5 Å². The van der Waals surface area contributed by atoms with Gasteiger partial charge in [0.2, 0.25) is 0 Å². The molecule has 0 saturated heterocycles. The summed E-state index contributed by atoms with van der Waals surface area (Å²) < 4.78 is 0.765. The first kappa shape index (κ1) is 10.9. The van der Waals surface area contributed by atoms with Gasteiger partial charge in [0.25, 0.3) is 5.91 Å². The van der Waals surface area contributed by atoms with E-state index in [1.807, 2.05) is 32.0 Å². The molecule has 0 unspecified atom stereocenters. The lowest BCUT2D eigenvalue weighted by molar-refractivity contribution is 0.0954. The van der Waals surface area contributed by atoms with E-state index in [-0.39, 0.29) is 5.91 Å². The fraction of sp³-hybridized carbons (Fsp3) is 0.200. The summed E-state index contributed by atoms with van der Waals surface area (Å²) in [6, 6.07) is 7.22. The normalized spacial score (nSPS) is 9.36. The molecule has 0 aliphatic heterocycles. The summed E-state index contributed by atoms with van der Waals surface area (Å²) in [4.78, 5) is 11.5. The van der Waals surface area contributed by atoms with Gasteiger partial charge < -0.3 is 0 Å². The number of halogens is 1. The first-order valence-corrected chi connectivity index (χ1v) is 4.96. The summed E-state index contributed by atoms with van der Waals surface area (Å²) in [6.45, 7) is 3.64. The van der Waals surface area contributed by atoms with Crippen LogP contribution in [0.15, 0.2) is 33.8 Å². The van der Waals surface area contributed by atoms with Crippen LogP contribution in [0.5, 0.6) is 0 Å². The molecular weight excluding hydrogens is 244 g/mol. The summed E-state index contributed by atoms with van der Waals surface area (Å²) in [6.07, 6.45) is 0. The molecule has 0 spiro atoms.